The molecule has 0 N–H and O–H groups in total. The Balaban J connectivity index is 2.09. The first-order valence-corrected chi connectivity index (χ1v) is 6.64. The second-order valence-corrected chi connectivity index (χ2v) is 4.85. The van der Waals surface area contributed by atoms with Crippen LogP contribution in [0.1, 0.15) is 30.9 Å². The number of benzene rings is 1. The summed E-state index contributed by atoms with van der Waals surface area (Å²) in [6.45, 7) is 3.89. The fraction of sp³-hybridized carbons (Fsp3) is 0.438. The Hall–Kier alpha value is -1.61. The van der Waals surface area contributed by atoms with E-state index in [-0.39, 0.29) is 18.2 Å². The van der Waals surface area contributed by atoms with Gasteiger partial charge in [0.05, 0.1) is 25.7 Å². The fourth-order valence-electron chi connectivity index (χ4n) is 2.54. The summed E-state index contributed by atoms with van der Waals surface area (Å²) in [5.41, 5.74) is 1.14. The molecular weight excluding hydrogens is 240 g/mol. The quantitative estimate of drug-likeness (QED) is 0.615. The molecule has 19 heavy (non-hydrogen) atoms. The minimum atomic E-state index is -0.214. The zero-order chi connectivity index (χ0) is 13.7. The van der Waals surface area contributed by atoms with E-state index in [1.165, 1.54) is 7.11 Å². The molecule has 1 heterocycles. The van der Waals surface area contributed by atoms with Crippen LogP contribution in [0.3, 0.4) is 0 Å². The third-order valence-electron chi connectivity index (χ3n) is 3.60. The minimum Gasteiger partial charge on any atom is -0.469 e. The molecule has 3 heteroatoms. The van der Waals surface area contributed by atoms with E-state index in [9.17, 15) is 4.79 Å². The molecule has 0 bridgehead atoms. The van der Waals surface area contributed by atoms with Gasteiger partial charge in [-0.2, -0.15) is 0 Å². The van der Waals surface area contributed by atoms with Crippen LogP contribution in [0.4, 0.5) is 0 Å². The first-order valence-electron chi connectivity index (χ1n) is 6.64. The van der Waals surface area contributed by atoms with Gasteiger partial charge in [0.1, 0.15) is 0 Å². The molecule has 0 aromatic heterocycles. The predicted octanol–water partition coefficient (Wildman–Crippen LogP) is 3.27. The zero-order valence-electron chi connectivity index (χ0n) is 11.2. The molecule has 1 saturated heterocycles. The van der Waals surface area contributed by atoms with E-state index >= 15 is 0 Å². The molecule has 102 valence electrons. The van der Waals surface area contributed by atoms with Crippen LogP contribution >= 0.6 is 0 Å². The number of carbonyl (C=O) groups is 1. The summed E-state index contributed by atoms with van der Waals surface area (Å²) in [7, 11) is 1.41. The smallest absolute Gasteiger partial charge is 0.308 e. The molecule has 0 spiro atoms. The van der Waals surface area contributed by atoms with Crippen molar-refractivity contribution in [1.29, 1.82) is 0 Å². The van der Waals surface area contributed by atoms with Crippen molar-refractivity contribution in [2.45, 2.75) is 31.5 Å². The Morgan fingerprint density at radius 3 is 2.79 bits per heavy atom. The lowest BCUT2D eigenvalue weighted by Crippen LogP contribution is -2.30. The number of rotatable bonds is 4. The summed E-state index contributed by atoms with van der Waals surface area (Å²) in [6.07, 6.45) is 4.06. The lowest BCUT2D eigenvalue weighted by Gasteiger charge is -2.35. The van der Waals surface area contributed by atoms with Crippen LogP contribution in [0.2, 0.25) is 0 Å². The van der Waals surface area contributed by atoms with Gasteiger partial charge in [0.25, 0.3) is 0 Å². The summed E-state index contributed by atoms with van der Waals surface area (Å²) in [4.78, 5) is 11.4. The van der Waals surface area contributed by atoms with Crippen LogP contribution in [-0.2, 0) is 14.3 Å². The molecule has 2 rings (SSSR count). The van der Waals surface area contributed by atoms with Gasteiger partial charge in [0, 0.05) is 5.92 Å². The summed E-state index contributed by atoms with van der Waals surface area (Å²) < 4.78 is 10.8. The molecule has 1 aliphatic heterocycles. The number of hydrogen-bond acceptors (Lipinski definition) is 3. The maximum absolute atomic E-state index is 11.4. The van der Waals surface area contributed by atoms with E-state index < -0.39 is 0 Å². The molecule has 0 aliphatic carbocycles. The van der Waals surface area contributed by atoms with Crippen molar-refractivity contribution < 1.29 is 14.3 Å². The Morgan fingerprint density at radius 2 is 2.16 bits per heavy atom. The van der Waals surface area contributed by atoms with Gasteiger partial charge in [0.2, 0.25) is 0 Å². The third kappa shape index (κ3) is 3.44. The van der Waals surface area contributed by atoms with E-state index in [2.05, 4.69) is 18.7 Å². The van der Waals surface area contributed by atoms with Gasteiger partial charge in [-0.1, -0.05) is 36.4 Å². The minimum absolute atomic E-state index is 0.0119. The molecule has 1 aromatic rings. The first kappa shape index (κ1) is 13.8. The molecule has 0 radical (unpaired) electrons. The standard InChI is InChI=1S/C16H20O3/c1-3-12-9-10-14(11-15(17)18-2)19-16(12)13-7-5-4-6-8-13/h3-8,12,14,16H,1,9-11H2,2H3/t12-,14+,16-/m1/s1. The van der Waals surface area contributed by atoms with E-state index in [0.717, 1.165) is 18.4 Å². The summed E-state index contributed by atoms with van der Waals surface area (Å²) in [5.74, 6) is 0.0881. The van der Waals surface area contributed by atoms with E-state index in [1.54, 1.807) is 0 Å². The highest BCUT2D eigenvalue weighted by atomic mass is 16.5. The van der Waals surface area contributed by atoms with Crippen LogP contribution in [0.15, 0.2) is 43.0 Å². The average Bonchev–Trinajstić information content (AvgIpc) is 2.48. The summed E-state index contributed by atoms with van der Waals surface area (Å²) >= 11 is 0. The normalized spacial score (nSPS) is 26.7. The Labute approximate surface area is 114 Å². The van der Waals surface area contributed by atoms with Crippen LogP contribution < -0.4 is 0 Å². The maximum Gasteiger partial charge on any atom is 0.308 e. The van der Waals surface area contributed by atoms with Gasteiger partial charge in [-0.05, 0) is 18.4 Å². The first-order chi connectivity index (χ1) is 9.24. The van der Waals surface area contributed by atoms with Gasteiger partial charge in [0.15, 0.2) is 0 Å². The molecule has 3 atom stereocenters. The average molecular weight is 260 g/mol. The second-order valence-electron chi connectivity index (χ2n) is 4.85. The maximum atomic E-state index is 11.4. The highest BCUT2D eigenvalue weighted by Crippen LogP contribution is 2.37. The fourth-order valence-corrected chi connectivity index (χ4v) is 2.54. The summed E-state index contributed by atoms with van der Waals surface area (Å²) in [6, 6.07) is 10.1. The topological polar surface area (TPSA) is 35.5 Å². The summed E-state index contributed by atoms with van der Waals surface area (Å²) in [5, 5.41) is 0. The molecule has 0 unspecified atom stereocenters. The number of ether oxygens (including phenoxy) is 2. The van der Waals surface area contributed by atoms with Gasteiger partial charge in [-0.3, -0.25) is 4.79 Å². The van der Waals surface area contributed by atoms with Crippen molar-refractivity contribution in [2.24, 2.45) is 5.92 Å². The molecule has 1 fully saturated rings. The third-order valence-corrected chi connectivity index (χ3v) is 3.60. The van der Waals surface area contributed by atoms with Gasteiger partial charge in [-0.25, -0.2) is 0 Å². The van der Waals surface area contributed by atoms with E-state index in [0.29, 0.717) is 12.3 Å². The van der Waals surface area contributed by atoms with Crippen molar-refractivity contribution in [3.8, 4) is 0 Å². The molecule has 0 amide bonds. The molecule has 3 nitrogen and oxygen atoms in total. The molecular formula is C16H20O3. The molecule has 1 aliphatic rings. The number of carbonyl (C=O) groups excluding carboxylic acids is 1. The van der Waals surface area contributed by atoms with E-state index in [1.807, 2.05) is 24.3 Å². The van der Waals surface area contributed by atoms with Gasteiger partial charge in [-0.15, -0.1) is 6.58 Å². The van der Waals surface area contributed by atoms with Crippen LogP contribution in [0.25, 0.3) is 0 Å². The van der Waals surface area contributed by atoms with Crippen molar-refractivity contribution in [3.63, 3.8) is 0 Å². The van der Waals surface area contributed by atoms with Crippen molar-refractivity contribution >= 4 is 5.97 Å². The monoisotopic (exact) mass is 260 g/mol. The van der Waals surface area contributed by atoms with Gasteiger partial charge < -0.3 is 9.47 Å². The van der Waals surface area contributed by atoms with Gasteiger partial charge >= 0.3 is 5.97 Å². The number of esters is 1. The Morgan fingerprint density at radius 1 is 1.42 bits per heavy atom. The lowest BCUT2D eigenvalue weighted by molar-refractivity contribution is -0.148. The van der Waals surface area contributed by atoms with Crippen LogP contribution in [-0.4, -0.2) is 19.2 Å². The van der Waals surface area contributed by atoms with Crippen molar-refractivity contribution in [1.82, 2.24) is 0 Å². The second kappa shape index (κ2) is 6.53. The lowest BCUT2D eigenvalue weighted by atomic mass is 9.87. The van der Waals surface area contributed by atoms with E-state index in [4.69, 9.17) is 9.47 Å². The zero-order valence-corrected chi connectivity index (χ0v) is 11.2. The molecule has 0 saturated carbocycles. The van der Waals surface area contributed by atoms with Crippen molar-refractivity contribution in [2.75, 3.05) is 7.11 Å². The van der Waals surface area contributed by atoms with Crippen molar-refractivity contribution in [3.05, 3.63) is 48.6 Å². The molecule has 1 aromatic carbocycles. The predicted molar refractivity (Wildman–Crippen MR) is 73.6 cm³/mol. The Kier molecular flexibility index (Phi) is 4.74. The van der Waals surface area contributed by atoms with Crippen LogP contribution in [0, 0.1) is 5.92 Å². The number of methoxy groups -OCH3 is 1. The SMILES string of the molecule is C=C[C@@H]1CC[C@@H](CC(=O)OC)O[C@H]1c1ccccc1. The Bertz CT molecular complexity index is 427. The highest BCUT2D eigenvalue weighted by Gasteiger charge is 2.31. The number of hydrogen-bond donors (Lipinski definition) is 0. The highest BCUT2D eigenvalue weighted by molar-refractivity contribution is 5.69. The largest absolute Gasteiger partial charge is 0.469 e. The van der Waals surface area contributed by atoms with Crippen LogP contribution in [0.5, 0.6) is 0 Å².